The van der Waals surface area contributed by atoms with Gasteiger partial charge in [-0.2, -0.15) is 0 Å². The highest BCUT2D eigenvalue weighted by atomic mass is 16.5. The van der Waals surface area contributed by atoms with Gasteiger partial charge in [-0.15, -0.1) is 0 Å². The van der Waals surface area contributed by atoms with Gasteiger partial charge in [-0.1, -0.05) is 19.1 Å². The van der Waals surface area contributed by atoms with Crippen LogP contribution in [0.25, 0.3) is 6.08 Å². The van der Waals surface area contributed by atoms with Crippen LogP contribution in [0.2, 0.25) is 0 Å². The summed E-state index contributed by atoms with van der Waals surface area (Å²) in [6, 6.07) is 5.53. The number of fused-ring (bicyclic) bond motifs is 1. The molecule has 0 saturated heterocycles. The Morgan fingerprint density at radius 3 is 2.81 bits per heavy atom. The summed E-state index contributed by atoms with van der Waals surface area (Å²) in [5.74, 6) is 0.246. The molecular formula is C24H32N4O3. The molecule has 0 fully saturated rings. The number of rotatable bonds is 7. The van der Waals surface area contributed by atoms with Crippen LogP contribution in [0.3, 0.4) is 0 Å². The summed E-state index contributed by atoms with van der Waals surface area (Å²) in [6.07, 6.45) is 8.95. The van der Waals surface area contributed by atoms with Crippen molar-refractivity contribution in [1.29, 1.82) is 0 Å². The van der Waals surface area contributed by atoms with Crippen molar-refractivity contribution in [2.24, 2.45) is 5.92 Å². The van der Waals surface area contributed by atoms with Crippen LogP contribution in [0.5, 0.6) is 5.88 Å². The van der Waals surface area contributed by atoms with Crippen LogP contribution in [0.4, 0.5) is 0 Å². The SMILES string of the molecule is C/C=C/c1cnc2c(c1)C(=O)N([C@H](C)CO)C[C@@H](C)[C@@H](CN(C)Cc1ccncc1)O2. The summed E-state index contributed by atoms with van der Waals surface area (Å²) in [4.78, 5) is 25.8. The standard InChI is InChI=1S/C24H32N4O3/c1-5-6-20-11-21-23(26-12-20)31-22(15-27(4)14-19-7-9-25-10-8-19)17(2)13-28(24(21)30)18(3)16-29/h5-12,17-18,22,29H,13-16H2,1-4H3/b6-5+/t17-,18-,22-/m1/s1. The lowest BCUT2D eigenvalue weighted by Crippen LogP contribution is -2.49. The smallest absolute Gasteiger partial charge is 0.259 e. The molecule has 1 N–H and O–H groups in total. The molecule has 166 valence electrons. The molecule has 0 unspecified atom stereocenters. The van der Waals surface area contributed by atoms with E-state index in [0.717, 1.165) is 12.1 Å². The quantitative estimate of drug-likeness (QED) is 0.736. The largest absolute Gasteiger partial charge is 0.472 e. The van der Waals surface area contributed by atoms with E-state index in [4.69, 9.17) is 4.74 Å². The van der Waals surface area contributed by atoms with Gasteiger partial charge in [0, 0.05) is 44.1 Å². The number of amides is 1. The number of aromatic nitrogens is 2. The molecule has 1 amide bonds. The fourth-order valence-corrected chi connectivity index (χ4v) is 3.79. The Bertz CT molecular complexity index is 903. The predicted octanol–water partition coefficient (Wildman–Crippen LogP) is 2.86. The zero-order valence-corrected chi connectivity index (χ0v) is 18.7. The summed E-state index contributed by atoms with van der Waals surface area (Å²) in [7, 11) is 2.05. The lowest BCUT2D eigenvalue weighted by molar-refractivity contribution is 0.0325. The molecule has 0 radical (unpaired) electrons. The molecule has 7 heteroatoms. The average molecular weight is 425 g/mol. The monoisotopic (exact) mass is 424 g/mol. The highest BCUT2D eigenvalue weighted by Crippen LogP contribution is 2.27. The maximum absolute atomic E-state index is 13.3. The molecule has 0 aromatic carbocycles. The van der Waals surface area contributed by atoms with Crippen LogP contribution in [0.1, 0.15) is 42.3 Å². The lowest BCUT2D eigenvalue weighted by atomic mass is 9.99. The predicted molar refractivity (Wildman–Crippen MR) is 121 cm³/mol. The Hall–Kier alpha value is -2.77. The molecule has 0 spiro atoms. The Morgan fingerprint density at radius 2 is 2.13 bits per heavy atom. The third kappa shape index (κ3) is 5.68. The topological polar surface area (TPSA) is 78.8 Å². The van der Waals surface area contributed by atoms with Gasteiger partial charge in [-0.3, -0.25) is 14.7 Å². The normalized spacial score (nSPS) is 20.3. The van der Waals surface area contributed by atoms with Gasteiger partial charge in [-0.05, 0) is 50.2 Å². The Morgan fingerprint density at radius 1 is 1.39 bits per heavy atom. The van der Waals surface area contributed by atoms with Gasteiger partial charge in [0.2, 0.25) is 5.88 Å². The Balaban J connectivity index is 1.89. The van der Waals surface area contributed by atoms with Gasteiger partial charge >= 0.3 is 0 Å². The minimum absolute atomic E-state index is 0.0583. The molecule has 3 atom stereocenters. The minimum Gasteiger partial charge on any atom is -0.472 e. The molecule has 2 aromatic heterocycles. The highest BCUT2D eigenvalue weighted by Gasteiger charge is 2.34. The number of nitrogens with zero attached hydrogens (tertiary/aromatic N) is 4. The van der Waals surface area contributed by atoms with Crippen LogP contribution in [-0.2, 0) is 6.54 Å². The van der Waals surface area contributed by atoms with Crippen molar-refractivity contribution >= 4 is 12.0 Å². The first kappa shape index (κ1) is 22.9. The van der Waals surface area contributed by atoms with Crippen molar-refractivity contribution in [3.8, 4) is 5.88 Å². The summed E-state index contributed by atoms with van der Waals surface area (Å²) >= 11 is 0. The third-order valence-corrected chi connectivity index (χ3v) is 5.59. The molecule has 31 heavy (non-hydrogen) atoms. The molecule has 1 aliphatic rings. The molecule has 0 aliphatic carbocycles. The van der Waals surface area contributed by atoms with Crippen molar-refractivity contribution in [3.05, 3.63) is 59.6 Å². The van der Waals surface area contributed by atoms with E-state index < -0.39 is 0 Å². The first-order valence-electron chi connectivity index (χ1n) is 10.7. The summed E-state index contributed by atoms with van der Waals surface area (Å²) in [6.45, 7) is 7.72. The first-order chi connectivity index (χ1) is 14.9. The van der Waals surface area contributed by atoms with Crippen molar-refractivity contribution < 1.29 is 14.6 Å². The number of aliphatic hydroxyl groups excluding tert-OH is 1. The van der Waals surface area contributed by atoms with E-state index in [-0.39, 0.29) is 30.6 Å². The molecule has 2 aromatic rings. The van der Waals surface area contributed by atoms with Crippen molar-refractivity contribution in [2.45, 2.75) is 39.5 Å². The fourth-order valence-electron chi connectivity index (χ4n) is 3.79. The minimum atomic E-state index is -0.290. The van der Waals surface area contributed by atoms with E-state index in [2.05, 4.69) is 28.8 Å². The number of likely N-dealkylation sites (N-methyl/N-ethyl adjacent to an activating group) is 1. The lowest BCUT2D eigenvalue weighted by Gasteiger charge is -2.37. The van der Waals surface area contributed by atoms with E-state index in [0.29, 0.717) is 24.5 Å². The molecule has 7 nitrogen and oxygen atoms in total. The van der Waals surface area contributed by atoms with Crippen LogP contribution in [0, 0.1) is 5.92 Å². The van der Waals surface area contributed by atoms with Crippen molar-refractivity contribution in [3.63, 3.8) is 0 Å². The average Bonchev–Trinajstić information content (AvgIpc) is 2.77. The van der Waals surface area contributed by atoms with Gasteiger partial charge in [0.1, 0.15) is 11.7 Å². The Kier molecular flexibility index (Phi) is 7.76. The van der Waals surface area contributed by atoms with Gasteiger partial charge in [0.15, 0.2) is 0 Å². The second-order valence-corrected chi connectivity index (χ2v) is 8.30. The third-order valence-electron chi connectivity index (χ3n) is 5.59. The van der Waals surface area contributed by atoms with E-state index in [1.165, 1.54) is 5.56 Å². The van der Waals surface area contributed by atoms with E-state index >= 15 is 0 Å². The van der Waals surface area contributed by atoms with E-state index in [1.807, 2.05) is 44.2 Å². The van der Waals surface area contributed by atoms with Crippen LogP contribution < -0.4 is 4.74 Å². The zero-order chi connectivity index (χ0) is 22.4. The van der Waals surface area contributed by atoms with Crippen molar-refractivity contribution in [1.82, 2.24) is 19.8 Å². The maximum Gasteiger partial charge on any atom is 0.259 e. The van der Waals surface area contributed by atoms with Crippen LogP contribution in [-0.4, -0.2) is 69.7 Å². The molecule has 0 bridgehead atoms. The van der Waals surface area contributed by atoms with E-state index in [9.17, 15) is 9.90 Å². The van der Waals surface area contributed by atoms with Crippen LogP contribution >= 0.6 is 0 Å². The van der Waals surface area contributed by atoms with Crippen LogP contribution in [0.15, 0.2) is 42.9 Å². The zero-order valence-electron chi connectivity index (χ0n) is 18.7. The number of hydrogen-bond acceptors (Lipinski definition) is 6. The van der Waals surface area contributed by atoms with Gasteiger partial charge in [0.25, 0.3) is 5.91 Å². The number of carbonyl (C=O) groups excluding carboxylic acids is 1. The van der Waals surface area contributed by atoms with Gasteiger partial charge in [-0.25, -0.2) is 4.98 Å². The molecule has 1 aliphatic heterocycles. The maximum atomic E-state index is 13.3. The number of hydrogen-bond donors (Lipinski definition) is 1. The molecule has 0 saturated carbocycles. The number of allylic oxidation sites excluding steroid dienone is 1. The highest BCUT2D eigenvalue weighted by molar-refractivity contribution is 5.97. The van der Waals surface area contributed by atoms with E-state index in [1.54, 1.807) is 23.5 Å². The number of carbonyl (C=O) groups is 1. The fraction of sp³-hybridized carbons (Fsp3) is 0.458. The Labute approximate surface area is 184 Å². The van der Waals surface area contributed by atoms with Gasteiger partial charge in [0.05, 0.1) is 12.6 Å². The molecule has 3 rings (SSSR count). The number of pyridine rings is 2. The second kappa shape index (κ2) is 10.5. The van der Waals surface area contributed by atoms with Gasteiger partial charge < -0.3 is 14.7 Å². The molecule has 3 heterocycles. The summed E-state index contributed by atoms with van der Waals surface area (Å²) < 4.78 is 6.32. The summed E-state index contributed by atoms with van der Waals surface area (Å²) in [5, 5.41) is 9.75. The first-order valence-corrected chi connectivity index (χ1v) is 10.7. The summed E-state index contributed by atoms with van der Waals surface area (Å²) in [5.41, 5.74) is 2.45. The number of ether oxygens (including phenoxy) is 1. The number of aliphatic hydroxyl groups is 1. The van der Waals surface area contributed by atoms with Crippen molar-refractivity contribution in [2.75, 3.05) is 26.7 Å². The molecular weight excluding hydrogens is 392 g/mol. The second-order valence-electron chi connectivity index (χ2n) is 8.30.